The van der Waals surface area contributed by atoms with Crippen LogP contribution in [0.15, 0.2) is 34.4 Å². The number of aryl methyl sites for hydroxylation is 2. The van der Waals surface area contributed by atoms with Crippen LogP contribution in [0.2, 0.25) is 0 Å². The summed E-state index contributed by atoms with van der Waals surface area (Å²) in [5.41, 5.74) is 3.84. The molecule has 0 bridgehead atoms. The number of thiazole rings is 1. The Morgan fingerprint density at radius 1 is 1.12 bits per heavy atom. The van der Waals surface area contributed by atoms with Gasteiger partial charge in [0.2, 0.25) is 23.0 Å². The third-order valence-corrected chi connectivity index (χ3v) is 8.45. The first-order valence-electron chi connectivity index (χ1n) is 13.9. The van der Waals surface area contributed by atoms with Gasteiger partial charge in [-0.15, -0.1) is 11.3 Å². The van der Waals surface area contributed by atoms with Gasteiger partial charge in [0, 0.05) is 17.9 Å². The minimum absolute atomic E-state index is 0.0848. The molecule has 3 aromatic rings. The molecule has 42 heavy (non-hydrogen) atoms. The van der Waals surface area contributed by atoms with E-state index in [9.17, 15) is 14.4 Å². The molecule has 2 amide bonds. The third-order valence-electron chi connectivity index (χ3n) is 7.57. The van der Waals surface area contributed by atoms with Crippen molar-refractivity contribution in [3.63, 3.8) is 0 Å². The van der Waals surface area contributed by atoms with Crippen LogP contribution >= 0.6 is 11.3 Å². The fourth-order valence-corrected chi connectivity index (χ4v) is 5.98. The molecule has 1 aliphatic rings. The van der Waals surface area contributed by atoms with Crippen LogP contribution in [0.5, 0.6) is 17.2 Å². The smallest absolute Gasteiger partial charge is 0.248 e. The van der Waals surface area contributed by atoms with Crippen LogP contribution in [0.3, 0.4) is 0 Å². The lowest BCUT2D eigenvalue weighted by Crippen LogP contribution is -2.40. The van der Waals surface area contributed by atoms with Gasteiger partial charge in [-0.2, -0.15) is 0 Å². The van der Waals surface area contributed by atoms with Crippen molar-refractivity contribution in [2.75, 3.05) is 32.0 Å². The molecule has 4 rings (SSSR count). The summed E-state index contributed by atoms with van der Waals surface area (Å²) < 4.78 is 17.1. The summed E-state index contributed by atoms with van der Waals surface area (Å²) in [6.45, 7) is 7.27. The zero-order valence-corrected chi connectivity index (χ0v) is 25.9. The first-order valence-corrected chi connectivity index (χ1v) is 14.8. The largest absolute Gasteiger partial charge is 0.493 e. The number of rotatable bonds is 10. The van der Waals surface area contributed by atoms with Gasteiger partial charge in [0.25, 0.3) is 0 Å². The standard InChI is InChI=1S/C31H38N4O6S/c1-8-16(2)27(30(38)35-31-32-17(3)15-42-31)34-23-12-10-20-21(14-24(23)37)22(33-18(4)36)11-9-19-13-25(39-5)28(40-6)29(41-7)26(19)20/h10,12-16,22,27H,8-9,11H2,1-7H3,(H,33,36)(H,34,37)(H,32,35,38)/t16-,22-,27+/m0/s1. The minimum atomic E-state index is -0.688. The zero-order valence-electron chi connectivity index (χ0n) is 25.0. The fraction of sp³-hybridized carbons (Fsp3) is 0.419. The summed E-state index contributed by atoms with van der Waals surface area (Å²) in [5, 5.41) is 11.5. The molecule has 1 heterocycles. The highest BCUT2D eigenvalue weighted by Gasteiger charge is 2.30. The van der Waals surface area contributed by atoms with Gasteiger partial charge in [0.1, 0.15) is 6.04 Å². The average molecular weight is 595 g/mol. The first-order chi connectivity index (χ1) is 20.1. The number of nitrogens with one attached hydrogen (secondary N) is 3. The molecule has 0 saturated heterocycles. The fourth-order valence-electron chi connectivity index (χ4n) is 5.29. The number of nitrogens with zero attached hydrogens (tertiary/aromatic N) is 1. The molecule has 1 aliphatic carbocycles. The number of amides is 2. The predicted molar refractivity (Wildman–Crippen MR) is 165 cm³/mol. The summed E-state index contributed by atoms with van der Waals surface area (Å²) in [6, 6.07) is 5.85. The lowest BCUT2D eigenvalue weighted by atomic mass is 9.95. The van der Waals surface area contributed by atoms with E-state index in [2.05, 4.69) is 20.9 Å². The Balaban J connectivity index is 1.87. The third kappa shape index (κ3) is 6.35. The highest BCUT2D eigenvalue weighted by atomic mass is 32.1. The molecule has 10 nitrogen and oxygen atoms in total. The van der Waals surface area contributed by atoms with Crippen LogP contribution in [-0.4, -0.2) is 44.2 Å². The maximum absolute atomic E-state index is 13.8. The van der Waals surface area contributed by atoms with Crippen LogP contribution in [0, 0.1) is 12.8 Å². The topological polar surface area (TPSA) is 128 Å². The molecule has 0 spiro atoms. The molecule has 0 radical (unpaired) electrons. The van der Waals surface area contributed by atoms with E-state index in [0.29, 0.717) is 52.8 Å². The second-order valence-electron chi connectivity index (χ2n) is 10.4. The van der Waals surface area contributed by atoms with Crippen LogP contribution in [0.25, 0.3) is 11.1 Å². The van der Waals surface area contributed by atoms with Crippen molar-refractivity contribution in [2.45, 2.75) is 59.0 Å². The summed E-state index contributed by atoms with van der Waals surface area (Å²) in [5.74, 6) is 0.866. The molecular formula is C31H38N4O6S. The van der Waals surface area contributed by atoms with E-state index in [-0.39, 0.29) is 28.8 Å². The van der Waals surface area contributed by atoms with E-state index >= 15 is 0 Å². The summed E-state index contributed by atoms with van der Waals surface area (Å²) in [7, 11) is 4.66. The molecule has 1 aromatic heterocycles. The quantitative estimate of drug-likeness (QED) is 0.296. The summed E-state index contributed by atoms with van der Waals surface area (Å²) in [4.78, 5) is 43.7. The van der Waals surface area contributed by atoms with Crippen molar-refractivity contribution in [3.05, 3.63) is 56.7 Å². The number of hydrogen-bond acceptors (Lipinski definition) is 9. The van der Waals surface area contributed by atoms with Gasteiger partial charge in [0.15, 0.2) is 16.6 Å². The summed E-state index contributed by atoms with van der Waals surface area (Å²) >= 11 is 1.35. The number of carbonyl (C=O) groups is 2. The first kappa shape index (κ1) is 30.8. The molecule has 224 valence electrons. The average Bonchev–Trinajstić information content (AvgIpc) is 3.23. The molecule has 3 N–H and O–H groups in total. The molecule has 0 aliphatic heterocycles. The van der Waals surface area contributed by atoms with E-state index in [1.165, 1.54) is 18.3 Å². The lowest BCUT2D eigenvalue weighted by Gasteiger charge is -2.23. The molecule has 0 saturated carbocycles. The van der Waals surface area contributed by atoms with Gasteiger partial charge in [-0.1, -0.05) is 26.3 Å². The molecule has 0 unspecified atom stereocenters. The van der Waals surface area contributed by atoms with Crippen molar-refractivity contribution in [3.8, 4) is 28.4 Å². The van der Waals surface area contributed by atoms with Gasteiger partial charge in [-0.05, 0) is 60.6 Å². The molecule has 3 atom stereocenters. The van der Waals surface area contributed by atoms with E-state index in [0.717, 1.165) is 16.8 Å². The number of fused-ring (bicyclic) bond motifs is 3. The van der Waals surface area contributed by atoms with E-state index in [4.69, 9.17) is 14.2 Å². The highest BCUT2D eigenvalue weighted by molar-refractivity contribution is 7.13. The maximum atomic E-state index is 13.8. The number of anilines is 2. The molecular weight excluding hydrogens is 556 g/mol. The van der Waals surface area contributed by atoms with Gasteiger partial charge in [-0.25, -0.2) is 4.98 Å². The van der Waals surface area contributed by atoms with Crippen molar-refractivity contribution in [2.24, 2.45) is 5.92 Å². The van der Waals surface area contributed by atoms with Gasteiger partial charge < -0.3 is 30.2 Å². The highest BCUT2D eigenvalue weighted by Crippen LogP contribution is 2.50. The number of benzene rings is 1. The van der Waals surface area contributed by atoms with Crippen LogP contribution in [0.4, 0.5) is 10.8 Å². The van der Waals surface area contributed by atoms with Gasteiger partial charge in [-0.3, -0.25) is 14.4 Å². The van der Waals surface area contributed by atoms with E-state index < -0.39 is 12.1 Å². The Morgan fingerprint density at radius 2 is 1.86 bits per heavy atom. The van der Waals surface area contributed by atoms with Crippen LogP contribution < -0.4 is 35.6 Å². The molecule has 2 aromatic carbocycles. The van der Waals surface area contributed by atoms with Crippen molar-refractivity contribution in [1.29, 1.82) is 0 Å². The van der Waals surface area contributed by atoms with Gasteiger partial charge >= 0.3 is 0 Å². The normalized spacial score (nSPS) is 15.3. The minimum Gasteiger partial charge on any atom is -0.493 e. The van der Waals surface area contributed by atoms with Crippen LogP contribution in [-0.2, 0) is 16.0 Å². The SMILES string of the molecule is CC[C@H](C)[C@@H](Nc1ccc2c(cc1=O)[C@@H](NC(C)=O)CCc1cc(OC)c(OC)c(OC)c1-2)C(=O)Nc1nc(C)cs1. The van der Waals surface area contributed by atoms with E-state index in [1.54, 1.807) is 33.5 Å². The van der Waals surface area contributed by atoms with Crippen molar-refractivity contribution in [1.82, 2.24) is 10.3 Å². The number of carbonyl (C=O) groups excluding carboxylic acids is 2. The van der Waals surface area contributed by atoms with Crippen LogP contribution in [0.1, 0.15) is 56.5 Å². The van der Waals surface area contributed by atoms with Crippen molar-refractivity contribution >= 4 is 34.0 Å². The number of methoxy groups -OCH3 is 3. The number of aromatic nitrogens is 1. The number of ether oxygens (including phenoxy) is 3. The predicted octanol–water partition coefficient (Wildman–Crippen LogP) is 5.09. The lowest BCUT2D eigenvalue weighted by molar-refractivity contribution is -0.120. The second kappa shape index (κ2) is 13.2. The van der Waals surface area contributed by atoms with Gasteiger partial charge in [0.05, 0.1) is 38.8 Å². The van der Waals surface area contributed by atoms with Crippen molar-refractivity contribution < 1.29 is 23.8 Å². The van der Waals surface area contributed by atoms with E-state index in [1.807, 2.05) is 38.3 Å². The second-order valence-corrected chi connectivity index (χ2v) is 11.2. The maximum Gasteiger partial charge on any atom is 0.248 e. The number of hydrogen-bond donors (Lipinski definition) is 3. The Morgan fingerprint density at radius 3 is 2.45 bits per heavy atom. The Bertz CT molecular complexity index is 1540. The Kier molecular flexibility index (Phi) is 9.72. The zero-order chi connectivity index (χ0) is 30.6. The molecule has 11 heteroatoms. The monoisotopic (exact) mass is 594 g/mol. The summed E-state index contributed by atoms with van der Waals surface area (Å²) in [6.07, 6.45) is 1.86. The molecule has 0 fully saturated rings. The Labute approximate surface area is 249 Å². The Hall–Kier alpha value is -4.12.